The molecule has 1 aliphatic carbocycles. The number of carbonyl (C=O) groups excluding carboxylic acids is 1. The zero-order chi connectivity index (χ0) is 20.7. The summed E-state index contributed by atoms with van der Waals surface area (Å²) in [6.07, 6.45) is 0.371. The third-order valence-electron chi connectivity index (χ3n) is 5.25. The number of esters is 1. The lowest BCUT2D eigenvalue weighted by Crippen LogP contribution is -2.26. The molecular weight excluding hydrogens is 376 g/mol. The van der Waals surface area contributed by atoms with Crippen LogP contribution in [0.1, 0.15) is 67.0 Å². The Morgan fingerprint density at radius 1 is 1.32 bits per heavy atom. The van der Waals surface area contributed by atoms with E-state index in [2.05, 4.69) is 4.98 Å². The molecule has 0 aromatic carbocycles. The minimum atomic E-state index is -3.18. The minimum absolute atomic E-state index is 0.107. The van der Waals surface area contributed by atoms with Crippen LogP contribution in [0, 0.1) is 12.8 Å². The van der Waals surface area contributed by atoms with Crippen LogP contribution in [0.4, 0.5) is 17.6 Å². The number of carbonyl (C=O) groups is 1. The molecule has 1 fully saturated rings. The molecule has 0 radical (unpaired) electrons. The summed E-state index contributed by atoms with van der Waals surface area (Å²) in [5.74, 6) is -6.50. The first kappa shape index (κ1) is 20.6. The second-order valence-electron chi connectivity index (χ2n) is 7.60. The van der Waals surface area contributed by atoms with Crippen LogP contribution >= 0.6 is 0 Å². The van der Waals surface area contributed by atoms with E-state index in [0.29, 0.717) is 11.4 Å². The van der Waals surface area contributed by atoms with Gasteiger partial charge >= 0.3 is 5.97 Å². The summed E-state index contributed by atoms with van der Waals surface area (Å²) in [6, 6.07) is 3.00. The minimum Gasteiger partial charge on any atom is -0.462 e. The van der Waals surface area contributed by atoms with Crippen LogP contribution in [-0.4, -0.2) is 27.9 Å². The number of fused-ring (bicyclic) bond motifs is 1. The zero-order valence-corrected chi connectivity index (χ0v) is 16.2. The average Bonchev–Trinajstić information content (AvgIpc) is 2.96. The summed E-state index contributed by atoms with van der Waals surface area (Å²) < 4.78 is 62.0. The number of aryl methyl sites for hydroxylation is 1. The Balaban J connectivity index is 2.03. The number of aromatic nitrogens is 2. The molecule has 2 aromatic heterocycles. The van der Waals surface area contributed by atoms with Gasteiger partial charge in [-0.25, -0.2) is 18.6 Å². The van der Waals surface area contributed by atoms with Crippen LogP contribution in [0.3, 0.4) is 0 Å². The molecule has 1 saturated carbocycles. The molecule has 0 saturated heterocycles. The van der Waals surface area contributed by atoms with Crippen LogP contribution in [0.2, 0.25) is 0 Å². The Hall–Kier alpha value is -2.12. The number of alkyl halides is 4. The van der Waals surface area contributed by atoms with Crippen molar-refractivity contribution in [1.82, 2.24) is 9.38 Å². The van der Waals surface area contributed by atoms with Crippen molar-refractivity contribution in [3.8, 4) is 0 Å². The molecule has 0 N–H and O–H groups in total. The van der Waals surface area contributed by atoms with Gasteiger partial charge in [0.05, 0.1) is 17.9 Å². The highest BCUT2D eigenvalue weighted by Crippen LogP contribution is 2.39. The molecule has 4 nitrogen and oxygen atoms in total. The molecule has 0 amide bonds. The topological polar surface area (TPSA) is 43.6 Å². The fraction of sp³-hybridized carbons (Fsp3) is 0.600. The summed E-state index contributed by atoms with van der Waals surface area (Å²) in [4.78, 5) is 16.1. The largest absolute Gasteiger partial charge is 0.462 e. The lowest BCUT2D eigenvalue weighted by Gasteiger charge is -2.28. The van der Waals surface area contributed by atoms with E-state index in [1.807, 2.05) is 0 Å². The number of halogens is 4. The standard InChI is InChI=1S/C20H24F4N2O2/c1-4-28-18(27)14-9-12(2)26-15(10-13-5-7-20(23,24)8-6-13)17(19(3,21)22)25-16(26)11-14/h9,11,13H,4-8,10H2,1-3H3. The number of hydrogen-bond acceptors (Lipinski definition) is 3. The monoisotopic (exact) mass is 400 g/mol. The number of nitrogens with zero attached hydrogens (tertiary/aromatic N) is 2. The van der Waals surface area contributed by atoms with Gasteiger partial charge in [-0.2, -0.15) is 8.78 Å². The molecular formula is C20H24F4N2O2. The molecule has 0 aliphatic heterocycles. The highest BCUT2D eigenvalue weighted by molar-refractivity contribution is 5.90. The molecule has 154 valence electrons. The van der Waals surface area contributed by atoms with Crippen molar-refractivity contribution in [2.75, 3.05) is 6.61 Å². The van der Waals surface area contributed by atoms with E-state index in [9.17, 15) is 22.4 Å². The molecule has 1 aliphatic rings. The first-order valence-electron chi connectivity index (χ1n) is 9.47. The third kappa shape index (κ3) is 4.15. The van der Waals surface area contributed by atoms with Crippen LogP contribution < -0.4 is 0 Å². The highest BCUT2D eigenvalue weighted by Gasteiger charge is 2.38. The molecule has 0 unspecified atom stereocenters. The lowest BCUT2D eigenvalue weighted by molar-refractivity contribution is -0.0460. The first-order valence-corrected chi connectivity index (χ1v) is 9.47. The smallest absolute Gasteiger partial charge is 0.338 e. The quantitative estimate of drug-likeness (QED) is 0.505. The Bertz CT molecular complexity index is 876. The van der Waals surface area contributed by atoms with Gasteiger partial charge in [0, 0.05) is 25.5 Å². The van der Waals surface area contributed by atoms with Gasteiger partial charge in [-0.15, -0.1) is 0 Å². The number of imidazole rings is 1. The average molecular weight is 400 g/mol. The van der Waals surface area contributed by atoms with Gasteiger partial charge in [0.15, 0.2) is 0 Å². The summed E-state index contributed by atoms with van der Waals surface area (Å²) in [6.45, 7) is 4.36. The number of hydrogen-bond donors (Lipinski definition) is 0. The third-order valence-corrected chi connectivity index (χ3v) is 5.25. The van der Waals surface area contributed by atoms with Gasteiger partial charge in [-0.05, 0) is 51.2 Å². The van der Waals surface area contributed by atoms with Gasteiger partial charge in [0.2, 0.25) is 5.92 Å². The Labute approximate surface area is 160 Å². The molecule has 0 bridgehead atoms. The van der Waals surface area contributed by atoms with E-state index >= 15 is 0 Å². The summed E-state index contributed by atoms with van der Waals surface area (Å²) >= 11 is 0. The highest BCUT2D eigenvalue weighted by atomic mass is 19.3. The fourth-order valence-corrected chi connectivity index (χ4v) is 3.88. The van der Waals surface area contributed by atoms with Crippen LogP contribution in [0.25, 0.3) is 5.65 Å². The predicted octanol–water partition coefficient (Wildman–Crippen LogP) is 5.30. The lowest BCUT2D eigenvalue weighted by atomic mass is 9.83. The molecule has 8 heteroatoms. The molecule has 2 heterocycles. The molecule has 2 aromatic rings. The van der Waals surface area contributed by atoms with Crippen molar-refractivity contribution < 1.29 is 27.1 Å². The van der Waals surface area contributed by atoms with E-state index in [-0.39, 0.29) is 61.5 Å². The Kier molecular flexibility index (Phi) is 5.42. The van der Waals surface area contributed by atoms with Crippen LogP contribution in [-0.2, 0) is 17.1 Å². The van der Waals surface area contributed by atoms with Crippen LogP contribution in [0.5, 0.6) is 0 Å². The second-order valence-corrected chi connectivity index (χ2v) is 7.60. The van der Waals surface area contributed by atoms with Crippen molar-refractivity contribution >= 4 is 11.6 Å². The van der Waals surface area contributed by atoms with Gasteiger partial charge in [-0.3, -0.25) is 0 Å². The van der Waals surface area contributed by atoms with E-state index in [1.165, 1.54) is 6.07 Å². The van der Waals surface area contributed by atoms with E-state index < -0.39 is 17.8 Å². The second kappa shape index (κ2) is 7.37. The van der Waals surface area contributed by atoms with Crippen molar-refractivity contribution in [2.24, 2.45) is 5.92 Å². The number of ether oxygens (including phenoxy) is 1. The maximum atomic E-state index is 14.3. The van der Waals surface area contributed by atoms with Crippen molar-refractivity contribution in [1.29, 1.82) is 0 Å². The molecule has 3 rings (SSSR count). The molecule has 28 heavy (non-hydrogen) atoms. The van der Waals surface area contributed by atoms with E-state index in [4.69, 9.17) is 4.74 Å². The number of pyridine rings is 1. The van der Waals surface area contributed by atoms with Crippen LogP contribution in [0.15, 0.2) is 12.1 Å². The van der Waals surface area contributed by atoms with Gasteiger partial charge < -0.3 is 9.14 Å². The summed E-state index contributed by atoms with van der Waals surface area (Å²) in [7, 11) is 0. The van der Waals surface area contributed by atoms with Crippen molar-refractivity contribution in [2.45, 2.75) is 64.7 Å². The molecule has 0 atom stereocenters. The van der Waals surface area contributed by atoms with Crippen molar-refractivity contribution in [3.63, 3.8) is 0 Å². The summed E-state index contributed by atoms with van der Waals surface area (Å²) in [5.41, 5.74) is 1.00. The Morgan fingerprint density at radius 3 is 2.54 bits per heavy atom. The van der Waals surface area contributed by atoms with Gasteiger partial charge in [-0.1, -0.05) is 0 Å². The normalized spacial score (nSPS) is 17.8. The maximum Gasteiger partial charge on any atom is 0.338 e. The fourth-order valence-electron chi connectivity index (χ4n) is 3.88. The van der Waals surface area contributed by atoms with E-state index in [1.54, 1.807) is 24.3 Å². The van der Waals surface area contributed by atoms with E-state index in [0.717, 1.165) is 6.92 Å². The van der Waals surface area contributed by atoms with Gasteiger partial charge in [0.1, 0.15) is 11.3 Å². The summed E-state index contributed by atoms with van der Waals surface area (Å²) in [5, 5.41) is 0. The number of rotatable bonds is 5. The zero-order valence-electron chi connectivity index (χ0n) is 16.2. The maximum absolute atomic E-state index is 14.3. The van der Waals surface area contributed by atoms with Crippen molar-refractivity contribution in [3.05, 3.63) is 34.8 Å². The molecule has 0 spiro atoms. The predicted molar refractivity (Wildman–Crippen MR) is 96.1 cm³/mol. The SMILES string of the molecule is CCOC(=O)c1cc(C)n2c(CC3CCC(F)(F)CC3)c(C(C)(F)F)nc2c1. The first-order chi connectivity index (χ1) is 13.0. The van der Waals surface area contributed by atoms with Gasteiger partial charge in [0.25, 0.3) is 5.92 Å². The Morgan fingerprint density at radius 2 is 1.96 bits per heavy atom.